The molecule has 0 atom stereocenters. The van der Waals surface area contributed by atoms with E-state index in [-0.39, 0.29) is 37.1 Å². The summed E-state index contributed by atoms with van der Waals surface area (Å²) in [6.07, 6.45) is 0. The molecule has 1 aliphatic rings. The maximum atomic E-state index is 11.7. The van der Waals surface area contributed by atoms with E-state index >= 15 is 0 Å². The second kappa shape index (κ2) is 5.30. The zero-order chi connectivity index (χ0) is 13.9. The van der Waals surface area contributed by atoms with Crippen molar-refractivity contribution in [3.63, 3.8) is 0 Å². The number of amides is 2. The first-order chi connectivity index (χ1) is 8.28. The van der Waals surface area contributed by atoms with Gasteiger partial charge in [0.05, 0.1) is 18.7 Å². The van der Waals surface area contributed by atoms with Crippen LogP contribution in [-0.4, -0.2) is 47.9 Å². The summed E-state index contributed by atoms with van der Waals surface area (Å²) in [5.41, 5.74) is -0.629. The molecule has 1 rings (SSSR count). The van der Waals surface area contributed by atoms with Crippen molar-refractivity contribution in [3.8, 4) is 0 Å². The fourth-order valence-corrected chi connectivity index (χ4v) is 1.62. The quantitative estimate of drug-likeness (QED) is 0.429. The maximum Gasteiger partial charge on any atom is 0.334 e. The molecule has 18 heavy (non-hydrogen) atoms. The Balaban J connectivity index is 2.75. The van der Waals surface area contributed by atoms with Crippen molar-refractivity contribution in [2.45, 2.75) is 26.3 Å². The number of hydrogen-bond acceptors (Lipinski definition) is 5. The number of hydrogen-bond donors (Lipinski definition) is 1. The Morgan fingerprint density at radius 3 is 2.67 bits per heavy atom. The summed E-state index contributed by atoms with van der Waals surface area (Å²) < 4.78 is 4.82. The third-order valence-electron chi connectivity index (χ3n) is 2.88. The van der Waals surface area contributed by atoms with E-state index in [4.69, 9.17) is 4.74 Å². The molecule has 0 saturated carbocycles. The average Bonchev–Trinajstić information content (AvgIpc) is 2.26. The van der Waals surface area contributed by atoms with Crippen LogP contribution in [0.25, 0.3) is 0 Å². The summed E-state index contributed by atoms with van der Waals surface area (Å²) in [5, 5.41) is 2.26. The van der Waals surface area contributed by atoms with E-state index in [1.165, 1.54) is 0 Å². The second-order valence-corrected chi connectivity index (χ2v) is 4.62. The summed E-state index contributed by atoms with van der Waals surface area (Å²) in [7, 11) is 0. The van der Waals surface area contributed by atoms with Crippen LogP contribution in [0.2, 0.25) is 0 Å². The molecule has 0 unspecified atom stereocenters. The third-order valence-corrected chi connectivity index (χ3v) is 2.88. The number of imide groups is 1. The van der Waals surface area contributed by atoms with Gasteiger partial charge in [0.1, 0.15) is 0 Å². The lowest BCUT2D eigenvalue weighted by molar-refractivity contribution is -0.146. The van der Waals surface area contributed by atoms with Crippen LogP contribution in [0.4, 0.5) is 0 Å². The minimum absolute atomic E-state index is 0.0527. The van der Waals surface area contributed by atoms with Gasteiger partial charge in [-0.25, -0.2) is 4.79 Å². The molecule has 0 bridgehead atoms. The average molecular weight is 254 g/mol. The third kappa shape index (κ3) is 2.95. The molecule has 1 heterocycles. The maximum absolute atomic E-state index is 11.7. The number of nitrogens with zero attached hydrogens (tertiary/aromatic N) is 1. The van der Waals surface area contributed by atoms with Crippen molar-refractivity contribution in [1.82, 2.24) is 10.2 Å². The van der Waals surface area contributed by atoms with Gasteiger partial charge in [0.2, 0.25) is 11.8 Å². The SMILES string of the molecule is C=C(CN1CC(=O)NC(=O)C1(C)C)C(=O)OCC. The van der Waals surface area contributed by atoms with Gasteiger partial charge in [-0.05, 0) is 20.8 Å². The smallest absolute Gasteiger partial charge is 0.334 e. The number of piperazine rings is 1. The van der Waals surface area contributed by atoms with Gasteiger partial charge in [0, 0.05) is 12.1 Å². The van der Waals surface area contributed by atoms with Gasteiger partial charge in [-0.3, -0.25) is 19.8 Å². The van der Waals surface area contributed by atoms with Gasteiger partial charge in [0.25, 0.3) is 0 Å². The Labute approximate surface area is 106 Å². The van der Waals surface area contributed by atoms with E-state index in [1.54, 1.807) is 25.7 Å². The van der Waals surface area contributed by atoms with E-state index in [0.717, 1.165) is 0 Å². The number of rotatable bonds is 4. The zero-order valence-electron chi connectivity index (χ0n) is 10.9. The van der Waals surface area contributed by atoms with Crippen molar-refractivity contribution in [3.05, 3.63) is 12.2 Å². The predicted molar refractivity (Wildman–Crippen MR) is 64.6 cm³/mol. The van der Waals surface area contributed by atoms with Crippen molar-refractivity contribution >= 4 is 17.8 Å². The van der Waals surface area contributed by atoms with E-state index in [2.05, 4.69) is 11.9 Å². The van der Waals surface area contributed by atoms with Crippen molar-refractivity contribution < 1.29 is 19.1 Å². The summed E-state index contributed by atoms with van der Waals surface area (Å²) in [4.78, 5) is 36.1. The molecule has 1 N–H and O–H groups in total. The molecule has 0 aliphatic carbocycles. The molecule has 2 amide bonds. The van der Waals surface area contributed by atoms with Gasteiger partial charge in [-0.1, -0.05) is 6.58 Å². The van der Waals surface area contributed by atoms with Crippen LogP contribution in [0, 0.1) is 0 Å². The Bertz CT molecular complexity index is 401. The van der Waals surface area contributed by atoms with Gasteiger partial charge in [0.15, 0.2) is 0 Å². The fourth-order valence-electron chi connectivity index (χ4n) is 1.62. The Morgan fingerprint density at radius 2 is 2.11 bits per heavy atom. The van der Waals surface area contributed by atoms with Gasteiger partial charge < -0.3 is 4.74 Å². The summed E-state index contributed by atoms with van der Waals surface area (Å²) >= 11 is 0. The van der Waals surface area contributed by atoms with E-state index in [1.807, 2.05) is 0 Å². The highest BCUT2D eigenvalue weighted by molar-refractivity contribution is 6.03. The molecule has 0 spiro atoms. The number of ether oxygens (including phenoxy) is 1. The highest BCUT2D eigenvalue weighted by atomic mass is 16.5. The lowest BCUT2D eigenvalue weighted by Crippen LogP contribution is -2.64. The highest BCUT2D eigenvalue weighted by Gasteiger charge is 2.41. The normalized spacial score (nSPS) is 19.3. The van der Waals surface area contributed by atoms with Gasteiger partial charge in [-0.2, -0.15) is 0 Å². The van der Waals surface area contributed by atoms with Crippen LogP contribution in [-0.2, 0) is 19.1 Å². The fraction of sp³-hybridized carbons (Fsp3) is 0.583. The zero-order valence-corrected chi connectivity index (χ0v) is 10.9. The Kier molecular flexibility index (Phi) is 4.24. The standard InChI is InChI=1S/C12H18N2O4/c1-5-18-10(16)8(2)6-14-7-9(15)13-11(17)12(14,3)4/h2,5-7H2,1,3-4H3,(H,13,15,17). The minimum Gasteiger partial charge on any atom is -0.463 e. The van der Waals surface area contributed by atoms with Crippen LogP contribution in [0.5, 0.6) is 0 Å². The predicted octanol–water partition coefficient (Wildman–Crippen LogP) is -0.157. The summed E-state index contributed by atoms with van der Waals surface area (Å²) in [6, 6.07) is 0. The number of carbonyl (C=O) groups is 3. The number of esters is 1. The molecule has 6 heteroatoms. The lowest BCUT2D eigenvalue weighted by Gasteiger charge is -2.40. The molecule has 0 aromatic carbocycles. The van der Waals surface area contributed by atoms with Gasteiger partial charge in [-0.15, -0.1) is 0 Å². The van der Waals surface area contributed by atoms with Crippen LogP contribution in [0.15, 0.2) is 12.2 Å². The minimum atomic E-state index is -0.858. The van der Waals surface area contributed by atoms with Crippen molar-refractivity contribution in [2.24, 2.45) is 0 Å². The molecule has 0 radical (unpaired) electrons. The van der Waals surface area contributed by atoms with Crippen LogP contribution in [0.1, 0.15) is 20.8 Å². The van der Waals surface area contributed by atoms with Crippen molar-refractivity contribution in [1.29, 1.82) is 0 Å². The van der Waals surface area contributed by atoms with E-state index < -0.39 is 11.5 Å². The molecule has 0 aromatic heterocycles. The van der Waals surface area contributed by atoms with Crippen molar-refractivity contribution in [2.75, 3.05) is 19.7 Å². The van der Waals surface area contributed by atoms with Gasteiger partial charge >= 0.3 is 5.97 Å². The highest BCUT2D eigenvalue weighted by Crippen LogP contribution is 2.19. The largest absolute Gasteiger partial charge is 0.463 e. The number of nitrogens with one attached hydrogen (secondary N) is 1. The van der Waals surface area contributed by atoms with E-state index in [9.17, 15) is 14.4 Å². The monoisotopic (exact) mass is 254 g/mol. The molecule has 100 valence electrons. The first-order valence-electron chi connectivity index (χ1n) is 5.73. The molecule has 1 saturated heterocycles. The molecular formula is C12H18N2O4. The molecule has 1 aliphatic heterocycles. The summed E-state index contributed by atoms with van der Waals surface area (Å²) in [5.74, 6) is -1.27. The summed E-state index contributed by atoms with van der Waals surface area (Å²) in [6.45, 7) is 9.15. The molecule has 6 nitrogen and oxygen atoms in total. The van der Waals surface area contributed by atoms with E-state index in [0.29, 0.717) is 0 Å². The lowest BCUT2D eigenvalue weighted by atomic mass is 9.98. The van der Waals surface area contributed by atoms with Crippen LogP contribution < -0.4 is 5.32 Å². The molecular weight excluding hydrogens is 236 g/mol. The van der Waals surface area contributed by atoms with Crippen LogP contribution >= 0.6 is 0 Å². The molecule has 1 fully saturated rings. The Hall–Kier alpha value is -1.69. The topological polar surface area (TPSA) is 75.7 Å². The molecule has 0 aromatic rings. The number of carbonyl (C=O) groups excluding carboxylic acids is 3. The first kappa shape index (κ1) is 14.4. The first-order valence-corrected chi connectivity index (χ1v) is 5.73. The van der Waals surface area contributed by atoms with Crippen LogP contribution in [0.3, 0.4) is 0 Å². The Morgan fingerprint density at radius 1 is 1.50 bits per heavy atom. The second-order valence-electron chi connectivity index (χ2n) is 4.62.